The summed E-state index contributed by atoms with van der Waals surface area (Å²) >= 11 is 0. The van der Waals surface area contributed by atoms with E-state index in [0.29, 0.717) is 17.4 Å². The first-order valence-corrected chi connectivity index (χ1v) is 12.9. The zero-order valence-corrected chi connectivity index (χ0v) is 20.8. The van der Waals surface area contributed by atoms with Crippen LogP contribution in [0, 0.1) is 23.1 Å². The molecule has 0 aromatic carbocycles. The lowest BCUT2D eigenvalue weighted by molar-refractivity contribution is 0.101. The number of alkyl carbamates (subject to hydrolysis) is 1. The first kappa shape index (κ1) is 25.4. The summed E-state index contributed by atoms with van der Waals surface area (Å²) in [5.41, 5.74) is 1.87. The van der Waals surface area contributed by atoms with Crippen LogP contribution in [-0.2, 0) is 11.2 Å². The molecule has 11 nitrogen and oxygen atoms in total. The number of amides is 2. The number of pyridine rings is 1. The van der Waals surface area contributed by atoms with Crippen LogP contribution in [0.1, 0.15) is 61.0 Å². The number of carbonyl (C=O) groups is 2. The Bertz CT molecular complexity index is 1360. The molecule has 0 bridgehead atoms. The van der Waals surface area contributed by atoms with Crippen molar-refractivity contribution in [2.24, 2.45) is 5.92 Å². The first-order chi connectivity index (χ1) is 18.5. The van der Waals surface area contributed by atoms with Gasteiger partial charge in [-0.3, -0.25) is 9.78 Å². The highest BCUT2D eigenvalue weighted by Gasteiger charge is 2.27. The molecule has 2 fully saturated rings. The van der Waals surface area contributed by atoms with E-state index < -0.39 is 17.8 Å². The van der Waals surface area contributed by atoms with Gasteiger partial charge in [0.15, 0.2) is 17.2 Å². The number of aromatic nitrogens is 4. The summed E-state index contributed by atoms with van der Waals surface area (Å²) in [6.45, 7) is 0.0856. The fraction of sp³-hybridized carbons (Fsp3) is 0.462. The highest BCUT2D eigenvalue weighted by atomic mass is 19.1. The molecule has 0 aliphatic heterocycles. The Kier molecular flexibility index (Phi) is 7.62. The van der Waals surface area contributed by atoms with Crippen LogP contribution in [0.4, 0.5) is 20.7 Å². The van der Waals surface area contributed by atoms with Crippen LogP contribution < -0.4 is 16.0 Å². The van der Waals surface area contributed by atoms with E-state index in [4.69, 9.17) is 10.00 Å². The second-order valence-corrected chi connectivity index (χ2v) is 9.77. The standard InChI is InChI=1S/C26H29FN8O3/c27-20-14-29-10-8-21(20)33-25(36)22-15-30-24-17(12-16-2-3-16)13-23(34-35(22)24)31-18-4-6-19(7-5-18)32-26(37)38-11-1-9-28/h8,10,13-16,18-19H,1-7,11-12H2,(H,31,34)(H,32,37)(H,29,33,36). The number of fused-ring (bicyclic) bond motifs is 1. The lowest BCUT2D eigenvalue weighted by atomic mass is 9.91. The number of nitrogens with zero attached hydrogens (tertiary/aromatic N) is 5. The molecule has 2 amide bonds. The first-order valence-electron chi connectivity index (χ1n) is 12.9. The van der Waals surface area contributed by atoms with Crippen LogP contribution in [0.3, 0.4) is 0 Å². The van der Waals surface area contributed by atoms with Crippen LogP contribution >= 0.6 is 0 Å². The Morgan fingerprint density at radius 3 is 2.68 bits per heavy atom. The van der Waals surface area contributed by atoms with Gasteiger partial charge in [-0.2, -0.15) is 5.26 Å². The molecule has 5 rings (SSSR count). The van der Waals surface area contributed by atoms with E-state index in [9.17, 15) is 14.0 Å². The number of hydrogen-bond donors (Lipinski definition) is 3. The molecule has 3 aromatic heterocycles. The van der Waals surface area contributed by atoms with Gasteiger partial charge in [-0.1, -0.05) is 0 Å². The molecule has 3 heterocycles. The summed E-state index contributed by atoms with van der Waals surface area (Å²) in [7, 11) is 0. The van der Waals surface area contributed by atoms with Crippen molar-refractivity contribution in [3.05, 3.63) is 47.8 Å². The van der Waals surface area contributed by atoms with Gasteiger partial charge in [0.1, 0.15) is 12.4 Å². The van der Waals surface area contributed by atoms with Gasteiger partial charge in [0.25, 0.3) is 5.91 Å². The number of nitriles is 1. The van der Waals surface area contributed by atoms with E-state index in [2.05, 4.69) is 31.0 Å². The van der Waals surface area contributed by atoms with E-state index >= 15 is 0 Å². The lowest BCUT2D eigenvalue weighted by Crippen LogP contribution is -2.40. The molecule has 12 heteroatoms. The van der Waals surface area contributed by atoms with Crippen molar-refractivity contribution in [2.75, 3.05) is 17.2 Å². The van der Waals surface area contributed by atoms with Crippen molar-refractivity contribution in [2.45, 2.75) is 63.5 Å². The fourth-order valence-electron chi connectivity index (χ4n) is 4.69. The Hall–Kier alpha value is -4.27. The predicted molar refractivity (Wildman–Crippen MR) is 136 cm³/mol. The number of carbonyl (C=O) groups excluding carboxylic acids is 2. The topological polar surface area (TPSA) is 146 Å². The quantitative estimate of drug-likeness (QED) is 0.361. The minimum atomic E-state index is -0.625. The lowest BCUT2D eigenvalue weighted by Gasteiger charge is -2.29. The molecule has 38 heavy (non-hydrogen) atoms. The van der Waals surface area contributed by atoms with Gasteiger partial charge >= 0.3 is 6.09 Å². The van der Waals surface area contributed by atoms with Gasteiger partial charge in [-0.15, -0.1) is 5.10 Å². The zero-order chi connectivity index (χ0) is 26.5. The maximum atomic E-state index is 14.0. The van der Waals surface area contributed by atoms with Crippen LogP contribution in [0.15, 0.2) is 30.7 Å². The molecule has 3 N–H and O–H groups in total. The van der Waals surface area contributed by atoms with Gasteiger partial charge < -0.3 is 20.7 Å². The minimum Gasteiger partial charge on any atom is -0.448 e. The van der Waals surface area contributed by atoms with Crippen molar-refractivity contribution in [3.63, 3.8) is 0 Å². The van der Waals surface area contributed by atoms with Crippen LogP contribution in [0.5, 0.6) is 0 Å². The molecule has 0 atom stereocenters. The molecule has 3 aromatic rings. The number of hydrogen-bond acceptors (Lipinski definition) is 8. The summed E-state index contributed by atoms with van der Waals surface area (Å²) < 4.78 is 20.6. The molecular weight excluding hydrogens is 491 g/mol. The van der Waals surface area contributed by atoms with Crippen molar-refractivity contribution in [1.29, 1.82) is 5.26 Å². The largest absolute Gasteiger partial charge is 0.448 e. The molecule has 2 aliphatic rings. The Morgan fingerprint density at radius 2 is 1.95 bits per heavy atom. The van der Waals surface area contributed by atoms with E-state index in [1.807, 2.05) is 12.1 Å². The number of anilines is 2. The monoisotopic (exact) mass is 520 g/mol. The Balaban J connectivity index is 1.28. The summed E-state index contributed by atoms with van der Waals surface area (Å²) in [6, 6.07) is 5.50. The SMILES string of the molecule is N#CCCOC(=O)NC1CCC(Nc2cc(CC3CC3)c3ncc(C(=O)Nc4ccncc4F)n3n2)CC1. The van der Waals surface area contributed by atoms with Crippen LogP contribution in [0.2, 0.25) is 0 Å². The minimum absolute atomic E-state index is 0.0148. The summed E-state index contributed by atoms with van der Waals surface area (Å²) in [6.07, 6.45) is 9.96. The second kappa shape index (κ2) is 11.4. The molecule has 0 radical (unpaired) electrons. The third-order valence-electron chi connectivity index (χ3n) is 6.85. The highest BCUT2D eigenvalue weighted by Crippen LogP contribution is 2.34. The van der Waals surface area contributed by atoms with E-state index in [-0.39, 0.29) is 36.5 Å². The smallest absolute Gasteiger partial charge is 0.407 e. The third-order valence-corrected chi connectivity index (χ3v) is 6.85. The van der Waals surface area contributed by atoms with Gasteiger partial charge in [-0.05, 0) is 63.0 Å². The molecule has 0 unspecified atom stereocenters. The number of nitrogens with one attached hydrogen (secondary N) is 3. The van der Waals surface area contributed by atoms with Crippen LogP contribution in [0.25, 0.3) is 5.65 Å². The average molecular weight is 521 g/mol. The molecule has 2 aliphatic carbocycles. The molecule has 198 valence electrons. The summed E-state index contributed by atoms with van der Waals surface area (Å²) in [4.78, 5) is 33.1. The predicted octanol–water partition coefficient (Wildman–Crippen LogP) is 3.83. The molecule has 2 saturated carbocycles. The van der Waals surface area contributed by atoms with Crippen molar-refractivity contribution in [3.8, 4) is 6.07 Å². The highest BCUT2D eigenvalue weighted by molar-refractivity contribution is 6.03. The van der Waals surface area contributed by atoms with Gasteiger partial charge in [-0.25, -0.2) is 18.7 Å². The maximum Gasteiger partial charge on any atom is 0.407 e. The van der Waals surface area contributed by atoms with E-state index in [1.165, 1.54) is 35.8 Å². The van der Waals surface area contributed by atoms with Gasteiger partial charge in [0, 0.05) is 23.8 Å². The molecule has 0 spiro atoms. The van der Waals surface area contributed by atoms with Crippen molar-refractivity contribution in [1.82, 2.24) is 24.9 Å². The van der Waals surface area contributed by atoms with Gasteiger partial charge in [0.05, 0.1) is 30.6 Å². The Labute approximate surface area is 218 Å². The fourth-order valence-corrected chi connectivity index (χ4v) is 4.69. The van der Waals surface area contributed by atoms with Crippen molar-refractivity contribution >= 4 is 29.2 Å². The third kappa shape index (κ3) is 6.16. The van der Waals surface area contributed by atoms with Crippen LogP contribution in [-0.4, -0.2) is 50.3 Å². The zero-order valence-electron chi connectivity index (χ0n) is 20.8. The molecular formula is C26H29FN8O3. The number of imidazole rings is 1. The van der Waals surface area contributed by atoms with E-state index in [1.54, 1.807) is 0 Å². The maximum absolute atomic E-state index is 14.0. The number of ether oxygens (including phenoxy) is 1. The average Bonchev–Trinajstić information content (AvgIpc) is 3.62. The number of rotatable bonds is 9. The normalized spacial score (nSPS) is 18.9. The van der Waals surface area contributed by atoms with Gasteiger partial charge in [0.2, 0.25) is 0 Å². The second-order valence-electron chi connectivity index (χ2n) is 9.77. The molecule has 0 saturated heterocycles. The van der Waals surface area contributed by atoms with Crippen molar-refractivity contribution < 1.29 is 18.7 Å². The summed E-state index contributed by atoms with van der Waals surface area (Å²) in [5, 5.41) is 22.2. The number of halogens is 1. The van der Waals surface area contributed by atoms with E-state index in [0.717, 1.165) is 43.9 Å². The Morgan fingerprint density at radius 1 is 1.16 bits per heavy atom. The summed E-state index contributed by atoms with van der Waals surface area (Å²) in [5.74, 6) is 0.101.